The molecule has 3 rings (SSSR count). The van der Waals surface area contributed by atoms with Crippen molar-refractivity contribution in [2.24, 2.45) is 11.3 Å². The summed E-state index contributed by atoms with van der Waals surface area (Å²) in [7, 11) is 0. The number of aliphatic carboxylic acids is 1. The number of rotatable bonds is 6. The van der Waals surface area contributed by atoms with Crippen molar-refractivity contribution < 1.29 is 19.5 Å². The summed E-state index contributed by atoms with van der Waals surface area (Å²) in [6.45, 7) is 1.32. The number of carboxylic acids is 1. The van der Waals surface area contributed by atoms with Crippen LogP contribution in [0.25, 0.3) is 0 Å². The first-order valence-corrected chi connectivity index (χ1v) is 8.87. The maximum atomic E-state index is 12.4. The lowest BCUT2D eigenvalue weighted by Gasteiger charge is -2.23. The highest BCUT2D eigenvalue weighted by molar-refractivity contribution is 5.94. The number of carboxylic acid groups (broad SMARTS) is 1. The Bertz CT molecular complexity index is 661. The zero-order chi connectivity index (χ0) is 17.9. The van der Waals surface area contributed by atoms with Gasteiger partial charge in [0.2, 0.25) is 5.91 Å². The second kappa shape index (κ2) is 7.25. The number of nitrogens with zero attached hydrogens (tertiary/aromatic N) is 1. The lowest BCUT2D eigenvalue weighted by atomic mass is 9.81. The van der Waals surface area contributed by atoms with E-state index in [2.05, 4.69) is 5.32 Å². The Labute approximate surface area is 147 Å². The highest BCUT2D eigenvalue weighted by atomic mass is 16.4. The molecule has 25 heavy (non-hydrogen) atoms. The van der Waals surface area contributed by atoms with Gasteiger partial charge in [0.05, 0.1) is 5.41 Å². The maximum Gasteiger partial charge on any atom is 0.311 e. The highest BCUT2D eigenvalue weighted by Crippen LogP contribution is 2.48. The van der Waals surface area contributed by atoms with Gasteiger partial charge in [-0.2, -0.15) is 0 Å². The van der Waals surface area contributed by atoms with Crippen LogP contribution < -0.4 is 5.32 Å². The Morgan fingerprint density at radius 1 is 1.24 bits per heavy atom. The van der Waals surface area contributed by atoms with Crippen molar-refractivity contribution >= 4 is 17.8 Å². The van der Waals surface area contributed by atoms with Crippen LogP contribution in [0.15, 0.2) is 30.3 Å². The minimum absolute atomic E-state index is 0.0102. The van der Waals surface area contributed by atoms with Gasteiger partial charge in [-0.25, -0.2) is 0 Å². The fourth-order valence-electron chi connectivity index (χ4n) is 4.12. The van der Waals surface area contributed by atoms with E-state index in [9.17, 15) is 19.5 Å². The normalized spacial score (nSPS) is 24.8. The predicted octanol–water partition coefficient (Wildman–Crippen LogP) is 1.91. The van der Waals surface area contributed by atoms with Gasteiger partial charge in [-0.05, 0) is 37.3 Å². The first-order chi connectivity index (χ1) is 12.0. The summed E-state index contributed by atoms with van der Waals surface area (Å²) in [5.41, 5.74) is -0.124. The van der Waals surface area contributed by atoms with E-state index in [-0.39, 0.29) is 17.7 Å². The van der Waals surface area contributed by atoms with Crippen molar-refractivity contribution in [3.63, 3.8) is 0 Å². The van der Waals surface area contributed by atoms with Gasteiger partial charge < -0.3 is 15.3 Å². The van der Waals surface area contributed by atoms with E-state index < -0.39 is 11.4 Å². The molecule has 1 saturated heterocycles. The monoisotopic (exact) mass is 344 g/mol. The molecule has 134 valence electrons. The molecule has 1 saturated carbocycles. The Hall–Kier alpha value is -2.37. The van der Waals surface area contributed by atoms with E-state index in [1.165, 1.54) is 0 Å². The molecular formula is C19H24N2O4. The molecule has 0 spiro atoms. The first-order valence-electron chi connectivity index (χ1n) is 8.87. The third-order valence-electron chi connectivity index (χ3n) is 5.54. The molecule has 1 aliphatic heterocycles. The molecule has 6 heteroatoms. The van der Waals surface area contributed by atoms with Gasteiger partial charge in [0.15, 0.2) is 0 Å². The first kappa shape index (κ1) is 17.5. The summed E-state index contributed by atoms with van der Waals surface area (Å²) < 4.78 is 0. The lowest BCUT2D eigenvalue weighted by molar-refractivity contribution is -0.149. The summed E-state index contributed by atoms with van der Waals surface area (Å²) in [4.78, 5) is 37.7. The number of hydrogen-bond acceptors (Lipinski definition) is 3. The molecule has 1 aliphatic carbocycles. The second-order valence-electron chi connectivity index (χ2n) is 7.05. The molecule has 2 fully saturated rings. The Morgan fingerprint density at radius 2 is 2.00 bits per heavy atom. The van der Waals surface area contributed by atoms with Crippen LogP contribution in [0.4, 0.5) is 0 Å². The maximum absolute atomic E-state index is 12.4. The minimum atomic E-state index is -0.763. The summed E-state index contributed by atoms with van der Waals surface area (Å²) >= 11 is 0. The van der Waals surface area contributed by atoms with E-state index in [1.54, 1.807) is 29.2 Å². The molecule has 0 aromatic heterocycles. The van der Waals surface area contributed by atoms with Gasteiger partial charge in [0, 0.05) is 31.6 Å². The quantitative estimate of drug-likeness (QED) is 0.772. The van der Waals surface area contributed by atoms with Crippen molar-refractivity contribution in [3.05, 3.63) is 35.9 Å². The van der Waals surface area contributed by atoms with Crippen molar-refractivity contribution in [2.75, 3.05) is 19.6 Å². The number of likely N-dealkylation sites (tertiary alicyclic amines) is 1. The van der Waals surface area contributed by atoms with Crippen LogP contribution in [0.2, 0.25) is 0 Å². The number of hydrogen-bond donors (Lipinski definition) is 2. The number of amides is 2. The summed E-state index contributed by atoms with van der Waals surface area (Å²) in [5.74, 6) is -0.829. The van der Waals surface area contributed by atoms with Crippen LogP contribution in [-0.4, -0.2) is 47.4 Å². The standard InChI is InChI=1S/C19H24N2O4/c22-16(9-5-11-20-17(23)14-6-2-1-3-7-14)21-12-15-8-4-10-19(15,13-21)18(24)25/h1-3,6-7,15H,4-5,8-13H2,(H,20,23)(H,24,25)/t15-,19+/m0/s1. The van der Waals surface area contributed by atoms with E-state index in [0.29, 0.717) is 44.5 Å². The second-order valence-corrected chi connectivity index (χ2v) is 7.05. The Kier molecular flexibility index (Phi) is 5.06. The van der Waals surface area contributed by atoms with E-state index in [0.717, 1.165) is 12.8 Å². The van der Waals surface area contributed by atoms with Crippen LogP contribution >= 0.6 is 0 Å². The van der Waals surface area contributed by atoms with Crippen LogP contribution in [0.5, 0.6) is 0 Å². The smallest absolute Gasteiger partial charge is 0.311 e. The largest absolute Gasteiger partial charge is 0.481 e. The SMILES string of the molecule is O=C(NCCCC(=O)N1C[C@@H]2CCC[C@@]2(C(=O)O)C1)c1ccccc1. The molecule has 1 aromatic rings. The fourth-order valence-corrected chi connectivity index (χ4v) is 4.12. The summed E-state index contributed by atoms with van der Waals surface area (Å²) in [6.07, 6.45) is 3.38. The molecule has 2 atom stereocenters. The molecule has 0 bridgehead atoms. The van der Waals surface area contributed by atoms with Crippen LogP contribution in [0.1, 0.15) is 42.5 Å². The van der Waals surface area contributed by atoms with Crippen molar-refractivity contribution in [1.29, 1.82) is 0 Å². The van der Waals surface area contributed by atoms with Crippen molar-refractivity contribution in [3.8, 4) is 0 Å². The van der Waals surface area contributed by atoms with E-state index in [4.69, 9.17) is 0 Å². The van der Waals surface area contributed by atoms with Crippen LogP contribution in [0.3, 0.4) is 0 Å². The molecule has 0 unspecified atom stereocenters. The van der Waals surface area contributed by atoms with E-state index in [1.807, 2.05) is 6.07 Å². The number of benzene rings is 1. The van der Waals surface area contributed by atoms with Gasteiger partial charge in [0.1, 0.15) is 0 Å². The van der Waals surface area contributed by atoms with Gasteiger partial charge in [-0.3, -0.25) is 14.4 Å². The zero-order valence-corrected chi connectivity index (χ0v) is 14.2. The Balaban J connectivity index is 1.43. The number of carbonyl (C=O) groups excluding carboxylic acids is 2. The average Bonchev–Trinajstić information content (AvgIpc) is 3.17. The number of fused-ring (bicyclic) bond motifs is 1. The fraction of sp³-hybridized carbons (Fsp3) is 0.526. The van der Waals surface area contributed by atoms with Crippen LogP contribution in [0, 0.1) is 11.3 Å². The van der Waals surface area contributed by atoms with Gasteiger partial charge >= 0.3 is 5.97 Å². The highest BCUT2D eigenvalue weighted by Gasteiger charge is 2.55. The number of carbonyl (C=O) groups is 3. The minimum Gasteiger partial charge on any atom is -0.481 e. The van der Waals surface area contributed by atoms with Gasteiger partial charge in [-0.15, -0.1) is 0 Å². The third kappa shape index (κ3) is 3.52. The van der Waals surface area contributed by atoms with Crippen LogP contribution in [-0.2, 0) is 9.59 Å². The molecule has 0 radical (unpaired) electrons. The predicted molar refractivity (Wildman–Crippen MR) is 92.0 cm³/mol. The third-order valence-corrected chi connectivity index (χ3v) is 5.54. The zero-order valence-electron chi connectivity index (χ0n) is 14.2. The number of nitrogens with one attached hydrogen (secondary N) is 1. The lowest BCUT2D eigenvalue weighted by Crippen LogP contribution is -2.37. The molecule has 2 aliphatic rings. The average molecular weight is 344 g/mol. The molecule has 1 heterocycles. The van der Waals surface area contributed by atoms with Crippen molar-refractivity contribution in [1.82, 2.24) is 10.2 Å². The van der Waals surface area contributed by atoms with Gasteiger partial charge in [0.25, 0.3) is 5.91 Å². The molecule has 1 aromatic carbocycles. The molecule has 2 amide bonds. The molecule has 6 nitrogen and oxygen atoms in total. The molecular weight excluding hydrogens is 320 g/mol. The summed E-state index contributed by atoms with van der Waals surface area (Å²) in [5, 5.41) is 12.4. The van der Waals surface area contributed by atoms with Crippen molar-refractivity contribution in [2.45, 2.75) is 32.1 Å². The molecule has 2 N–H and O–H groups in total. The van der Waals surface area contributed by atoms with E-state index >= 15 is 0 Å². The Morgan fingerprint density at radius 3 is 2.68 bits per heavy atom. The van der Waals surface area contributed by atoms with Gasteiger partial charge in [-0.1, -0.05) is 24.6 Å². The topological polar surface area (TPSA) is 86.7 Å². The summed E-state index contributed by atoms with van der Waals surface area (Å²) in [6, 6.07) is 8.95.